The molecule has 1 saturated heterocycles. The van der Waals surface area contributed by atoms with Gasteiger partial charge in [0.25, 0.3) is 0 Å². The zero-order chi connectivity index (χ0) is 10.2. The highest BCUT2D eigenvalue weighted by atomic mass is 16.5. The fourth-order valence-electron chi connectivity index (χ4n) is 1.69. The maximum Gasteiger partial charge on any atom is 0.223 e. The molecule has 1 heterocycles. The molecule has 0 unspecified atom stereocenters. The molecule has 1 aliphatic heterocycles. The lowest BCUT2D eigenvalue weighted by atomic mass is 9.99. The molecular weight excluding hydrogens is 178 g/mol. The minimum absolute atomic E-state index is 0.199. The summed E-state index contributed by atoms with van der Waals surface area (Å²) in [4.78, 5) is 11.6. The van der Waals surface area contributed by atoms with Gasteiger partial charge in [0.2, 0.25) is 5.91 Å². The number of carbonyl (C=O) groups excluding carboxylic acids is 1. The van der Waals surface area contributed by atoms with Gasteiger partial charge < -0.3 is 10.1 Å². The van der Waals surface area contributed by atoms with Gasteiger partial charge in [0.15, 0.2) is 0 Å². The average Bonchev–Trinajstić information content (AvgIpc) is 2.25. The molecule has 0 aromatic carbocycles. The Labute approximate surface area is 86.2 Å². The number of amides is 1. The van der Waals surface area contributed by atoms with Crippen LogP contribution < -0.4 is 5.32 Å². The van der Waals surface area contributed by atoms with Crippen LogP contribution in [-0.4, -0.2) is 25.7 Å². The molecule has 1 amide bonds. The van der Waals surface area contributed by atoms with Crippen molar-refractivity contribution in [2.75, 3.05) is 19.8 Å². The topological polar surface area (TPSA) is 38.3 Å². The molecule has 14 heavy (non-hydrogen) atoms. The average molecular weight is 199 g/mol. The second-order valence-corrected chi connectivity index (χ2v) is 3.88. The molecule has 0 saturated carbocycles. The summed E-state index contributed by atoms with van der Waals surface area (Å²) in [5.41, 5.74) is 0. The summed E-state index contributed by atoms with van der Waals surface area (Å²) in [6, 6.07) is 0. The third kappa shape index (κ3) is 4.09. The molecule has 1 fully saturated rings. The molecule has 0 spiro atoms. The number of hydrogen-bond acceptors (Lipinski definition) is 2. The Bertz CT molecular complexity index is 165. The highest BCUT2D eigenvalue weighted by Gasteiger charge is 2.20. The van der Waals surface area contributed by atoms with Gasteiger partial charge >= 0.3 is 0 Å². The van der Waals surface area contributed by atoms with E-state index in [0.717, 1.165) is 39.0 Å². The lowest BCUT2D eigenvalue weighted by Gasteiger charge is -2.21. The van der Waals surface area contributed by atoms with Crippen LogP contribution in [0.3, 0.4) is 0 Å². The second-order valence-electron chi connectivity index (χ2n) is 3.88. The molecule has 82 valence electrons. The summed E-state index contributed by atoms with van der Waals surface area (Å²) in [7, 11) is 0. The Morgan fingerprint density at radius 1 is 1.36 bits per heavy atom. The van der Waals surface area contributed by atoms with Crippen LogP contribution in [0, 0.1) is 5.92 Å². The van der Waals surface area contributed by atoms with Gasteiger partial charge in [-0.1, -0.05) is 19.8 Å². The SMILES string of the molecule is CCCCCNC(=O)C1CCOCC1. The lowest BCUT2D eigenvalue weighted by molar-refractivity contribution is -0.127. The standard InChI is InChI=1S/C11H21NO2/c1-2-3-4-7-12-11(13)10-5-8-14-9-6-10/h10H,2-9H2,1H3,(H,12,13). The molecule has 0 bridgehead atoms. The molecule has 1 N–H and O–H groups in total. The highest BCUT2D eigenvalue weighted by Crippen LogP contribution is 2.14. The van der Waals surface area contributed by atoms with Crippen LogP contribution in [0.1, 0.15) is 39.0 Å². The van der Waals surface area contributed by atoms with Crippen LogP contribution in [0.2, 0.25) is 0 Å². The van der Waals surface area contributed by atoms with E-state index < -0.39 is 0 Å². The maximum atomic E-state index is 11.6. The summed E-state index contributed by atoms with van der Waals surface area (Å²) in [5, 5.41) is 2.99. The van der Waals surface area contributed by atoms with Crippen LogP contribution in [0.4, 0.5) is 0 Å². The van der Waals surface area contributed by atoms with Crippen molar-refractivity contribution in [3.05, 3.63) is 0 Å². The minimum atomic E-state index is 0.199. The normalized spacial score (nSPS) is 18.1. The van der Waals surface area contributed by atoms with Gasteiger partial charge in [-0.25, -0.2) is 0 Å². The van der Waals surface area contributed by atoms with Crippen molar-refractivity contribution < 1.29 is 9.53 Å². The van der Waals surface area contributed by atoms with Crippen LogP contribution in [0.25, 0.3) is 0 Å². The number of hydrogen-bond donors (Lipinski definition) is 1. The number of ether oxygens (including phenoxy) is 1. The summed E-state index contributed by atoms with van der Waals surface area (Å²) < 4.78 is 5.21. The zero-order valence-electron chi connectivity index (χ0n) is 9.05. The van der Waals surface area contributed by atoms with Gasteiger partial charge in [-0.15, -0.1) is 0 Å². The smallest absolute Gasteiger partial charge is 0.223 e. The monoisotopic (exact) mass is 199 g/mol. The molecule has 0 aromatic heterocycles. The molecule has 1 aliphatic rings. The van der Waals surface area contributed by atoms with Crippen LogP contribution >= 0.6 is 0 Å². The minimum Gasteiger partial charge on any atom is -0.381 e. The molecule has 0 aromatic rings. The van der Waals surface area contributed by atoms with Crippen molar-refractivity contribution >= 4 is 5.91 Å². The van der Waals surface area contributed by atoms with Crippen molar-refractivity contribution in [2.45, 2.75) is 39.0 Å². The van der Waals surface area contributed by atoms with Crippen molar-refractivity contribution in [3.8, 4) is 0 Å². The first-order valence-corrected chi connectivity index (χ1v) is 5.70. The van der Waals surface area contributed by atoms with Gasteiger partial charge in [-0.3, -0.25) is 4.79 Å². The van der Waals surface area contributed by atoms with E-state index in [2.05, 4.69) is 12.2 Å². The van der Waals surface area contributed by atoms with Crippen LogP contribution in [0.15, 0.2) is 0 Å². The van der Waals surface area contributed by atoms with E-state index in [1.165, 1.54) is 12.8 Å². The molecule has 3 heteroatoms. The predicted octanol–water partition coefficient (Wildman–Crippen LogP) is 1.72. The van der Waals surface area contributed by atoms with Gasteiger partial charge in [0, 0.05) is 25.7 Å². The van der Waals surface area contributed by atoms with E-state index >= 15 is 0 Å². The van der Waals surface area contributed by atoms with E-state index in [1.54, 1.807) is 0 Å². The number of unbranched alkanes of at least 4 members (excludes halogenated alkanes) is 2. The maximum absolute atomic E-state index is 11.6. The Hall–Kier alpha value is -0.570. The van der Waals surface area contributed by atoms with Gasteiger partial charge in [0.1, 0.15) is 0 Å². The third-order valence-corrected chi connectivity index (χ3v) is 2.67. The highest BCUT2D eigenvalue weighted by molar-refractivity contribution is 5.78. The Kier molecular flexibility index (Phi) is 5.60. The lowest BCUT2D eigenvalue weighted by Crippen LogP contribution is -2.34. The molecule has 3 nitrogen and oxygen atoms in total. The van der Waals surface area contributed by atoms with E-state index in [4.69, 9.17) is 4.74 Å². The van der Waals surface area contributed by atoms with Crippen molar-refractivity contribution in [3.63, 3.8) is 0 Å². The van der Waals surface area contributed by atoms with Crippen LogP contribution in [0.5, 0.6) is 0 Å². The Balaban J connectivity index is 2.07. The van der Waals surface area contributed by atoms with Crippen LogP contribution in [-0.2, 0) is 9.53 Å². The largest absolute Gasteiger partial charge is 0.381 e. The number of carbonyl (C=O) groups is 1. The van der Waals surface area contributed by atoms with Crippen molar-refractivity contribution in [1.82, 2.24) is 5.32 Å². The fourth-order valence-corrected chi connectivity index (χ4v) is 1.69. The summed E-state index contributed by atoms with van der Waals surface area (Å²) in [6.07, 6.45) is 5.28. The van der Waals surface area contributed by atoms with E-state index in [9.17, 15) is 4.79 Å². The molecular formula is C11H21NO2. The Morgan fingerprint density at radius 2 is 2.07 bits per heavy atom. The summed E-state index contributed by atoms with van der Waals surface area (Å²) in [5.74, 6) is 0.426. The van der Waals surface area contributed by atoms with Gasteiger partial charge in [-0.05, 0) is 19.3 Å². The van der Waals surface area contributed by atoms with Crippen molar-refractivity contribution in [2.24, 2.45) is 5.92 Å². The van der Waals surface area contributed by atoms with Gasteiger partial charge in [0.05, 0.1) is 0 Å². The number of nitrogens with one attached hydrogen (secondary N) is 1. The molecule has 0 radical (unpaired) electrons. The Morgan fingerprint density at radius 3 is 2.71 bits per heavy atom. The predicted molar refractivity (Wildman–Crippen MR) is 56.1 cm³/mol. The first kappa shape index (κ1) is 11.5. The molecule has 0 aliphatic carbocycles. The summed E-state index contributed by atoms with van der Waals surface area (Å²) >= 11 is 0. The summed E-state index contributed by atoms with van der Waals surface area (Å²) in [6.45, 7) is 4.49. The fraction of sp³-hybridized carbons (Fsp3) is 0.909. The second kappa shape index (κ2) is 6.82. The first-order chi connectivity index (χ1) is 6.84. The first-order valence-electron chi connectivity index (χ1n) is 5.70. The molecule has 1 rings (SSSR count). The number of rotatable bonds is 5. The van der Waals surface area contributed by atoms with E-state index in [0.29, 0.717) is 0 Å². The third-order valence-electron chi connectivity index (χ3n) is 2.67. The molecule has 0 atom stereocenters. The zero-order valence-corrected chi connectivity index (χ0v) is 9.05. The van der Waals surface area contributed by atoms with Gasteiger partial charge in [-0.2, -0.15) is 0 Å². The quantitative estimate of drug-likeness (QED) is 0.685. The van der Waals surface area contributed by atoms with E-state index in [-0.39, 0.29) is 11.8 Å². The van der Waals surface area contributed by atoms with Crippen molar-refractivity contribution in [1.29, 1.82) is 0 Å². The van der Waals surface area contributed by atoms with E-state index in [1.807, 2.05) is 0 Å².